The van der Waals surface area contributed by atoms with Crippen molar-refractivity contribution < 1.29 is 22.3 Å². The molecule has 0 unspecified atom stereocenters. The molecule has 0 heterocycles. The molecule has 2 aliphatic carbocycles. The van der Waals surface area contributed by atoms with Crippen LogP contribution in [0.4, 0.5) is 17.6 Å². The second-order valence-electron chi connectivity index (χ2n) is 10.1. The molecule has 0 spiro atoms. The molecule has 2 fully saturated rings. The van der Waals surface area contributed by atoms with Crippen molar-refractivity contribution in [3.63, 3.8) is 0 Å². The van der Waals surface area contributed by atoms with E-state index in [0.717, 1.165) is 51.4 Å². The lowest BCUT2D eigenvalue weighted by atomic mass is 9.76. The molecule has 180 valence electrons. The quantitative estimate of drug-likeness (QED) is 0.391. The second-order valence-corrected chi connectivity index (χ2v) is 10.1. The summed E-state index contributed by atoms with van der Waals surface area (Å²) in [5.41, 5.74) is 1.34. The molecule has 1 nitrogen and oxygen atoms in total. The Hall–Kier alpha value is -2.04. The molecule has 2 aromatic rings. The fraction of sp³-hybridized carbons (Fsp3) is 0.571. The highest BCUT2D eigenvalue weighted by Crippen LogP contribution is 2.41. The van der Waals surface area contributed by atoms with Crippen LogP contribution in [0.15, 0.2) is 24.3 Å². The molecule has 0 bridgehead atoms. The molecule has 0 atom stereocenters. The lowest BCUT2D eigenvalue weighted by Gasteiger charge is -2.30. The predicted octanol–water partition coefficient (Wildman–Crippen LogP) is 8.45. The van der Waals surface area contributed by atoms with Crippen LogP contribution < -0.4 is 4.74 Å². The number of benzene rings is 2. The fourth-order valence-electron chi connectivity index (χ4n) is 5.59. The van der Waals surface area contributed by atoms with E-state index in [1.54, 1.807) is 25.1 Å². The number of rotatable bonds is 6. The predicted molar refractivity (Wildman–Crippen MR) is 123 cm³/mol. The topological polar surface area (TPSA) is 9.23 Å². The van der Waals surface area contributed by atoms with Crippen LogP contribution in [0.25, 0.3) is 0 Å². The van der Waals surface area contributed by atoms with Gasteiger partial charge >= 0.3 is 0 Å². The normalized spacial score (nSPS) is 25.8. The van der Waals surface area contributed by atoms with Crippen molar-refractivity contribution in [1.82, 2.24) is 0 Å². The lowest BCUT2D eigenvalue weighted by molar-refractivity contribution is 0.191. The first-order chi connectivity index (χ1) is 15.9. The summed E-state index contributed by atoms with van der Waals surface area (Å²) < 4.78 is 63.7. The molecule has 5 heteroatoms. The Balaban J connectivity index is 1.34. The van der Waals surface area contributed by atoms with E-state index in [4.69, 9.17) is 4.74 Å². The van der Waals surface area contributed by atoms with Crippen molar-refractivity contribution in [3.05, 3.63) is 64.2 Å². The third kappa shape index (κ3) is 5.22. The third-order valence-electron chi connectivity index (χ3n) is 7.87. The van der Waals surface area contributed by atoms with Gasteiger partial charge in [0.15, 0.2) is 23.2 Å². The summed E-state index contributed by atoms with van der Waals surface area (Å²) in [5, 5.41) is 0. The van der Waals surface area contributed by atoms with Crippen molar-refractivity contribution in [2.45, 2.75) is 83.5 Å². The Kier molecular flexibility index (Phi) is 7.65. The van der Waals surface area contributed by atoms with Crippen LogP contribution in [0.3, 0.4) is 0 Å². The van der Waals surface area contributed by atoms with Gasteiger partial charge in [-0.25, -0.2) is 13.2 Å². The number of halogens is 4. The van der Waals surface area contributed by atoms with E-state index in [9.17, 15) is 13.2 Å². The van der Waals surface area contributed by atoms with Gasteiger partial charge in [-0.3, -0.25) is 0 Å². The maximum atomic E-state index is 15.0. The Morgan fingerprint density at radius 3 is 1.79 bits per heavy atom. The Morgan fingerprint density at radius 2 is 1.24 bits per heavy atom. The Bertz CT molecular complexity index is 957. The van der Waals surface area contributed by atoms with Crippen LogP contribution in [0.5, 0.6) is 5.75 Å². The van der Waals surface area contributed by atoms with Gasteiger partial charge in [0.2, 0.25) is 5.82 Å². The highest BCUT2D eigenvalue weighted by Gasteiger charge is 2.29. The number of hydrogen-bond acceptors (Lipinski definition) is 1. The Labute approximate surface area is 194 Å². The first-order valence-electron chi connectivity index (χ1n) is 12.5. The molecule has 2 aliphatic rings. The van der Waals surface area contributed by atoms with Gasteiger partial charge in [-0.15, -0.1) is 0 Å². The lowest BCUT2D eigenvalue weighted by Crippen LogP contribution is -2.21. The van der Waals surface area contributed by atoms with Crippen LogP contribution in [-0.2, 0) is 6.42 Å². The van der Waals surface area contributed by atoms with Crippen molar-refractivity contribution in [1.29, 1.82) is 0 Å². The van der Waals surface area contributed by atoms with Crippen LogP contribution in [0.1, 0.15) is 93.7 Å². The van der Waals surface area contributed by atoms with Gasteiger partial charge in [0.05, 0.1) is 6.61 Å². The van der Waals surface area contributed by atoms with Crippen molar-refractivity contribution in [2.24, 2.45) is 11.8 Å². The van der Waals surface area contributed by atoms with Gasteiger partial charge in [0, 0.05) is 0 Å². The standard InChI is InChI=1S/C28H34F4O/c1-3-19-12-15-24(28(32)25(19)29)33-16-18-6-10-21(11-7-18)23-14-13-22(26(30)27(23)31)20-8-4-17(2)5-9-20/h12-15,17-18,20-21H,3-11,16H2,1-2H3. The maximum Gasteiger partial charge on any atom is 0.200 e. The summed E-state index contributed by atoms with van der Waals surface area (Å²) in [7, 11) is 0. The molecule has 0 N–H and O–H groups in total. The van der Waals surface area contributed by atoms with E-state index < -0.39 is 23.3 Å². The van der Waals surface area contributed by atoms with Crippen LogP contribution >= 0.6 is 0 Å². The number of aryl methyl sites for hydroxylation is 1. The van der Waals surface area contributed by atoms with Crippen LogP contribution in [0, 0.1) is 35.1 Å². The summed E-state index contributed by atoms with van der Waals surface area (Å²) >= 11 is 0. The zero-order chi connectivity index (χ0) is 23.5. The van der Waals surface area contributed by atoms with Gasteiger partial charge in [-0.1, -0.05) is 44.9 Å². The summed E-state index contributed by atoms with van der Waals surface area (Å²) in [6.07, 6.45) is 7.44. The molecular formula is C28H34F4O. The summed E-state index contributed by atoms with van der Waals surface area (Å²) in [5.74, 6) is -2.23. The van der Waals surface area contributed by atoms with Gasteiger partial charge in [0.25, 0.3) is 0 Å². The number of ether oxygens (including phenoxy) is 1. The molecule has 0 saturated heterocycles. The SMILES string of the molecule is CCc1ccc(OCC2CCC(c3ccc(C4CCC(C)CC4)c(F)c3F)CC2)c(F)c1F. The van der Waals surface area contributed by atoms with Crippen molar-refractivity contribution in [3.8, 4) is 5.75 Å². The fourth-order valence-corrected chi connectivity index (χ4v) is 5.59. The van der Waals surface area contributed by atoms with Crippen molar-refractivity contribution in [2.75, 3.05) is 6.61 Å². The first kappa shape index (κ1) is 24.1. The van der Waals surface area contributed by atoms with Gasteiger partial charge < -0.3 is 4.74 Å². The molecule has 33 heavy (non-hydrogen) atoms. The average Bonchev–Trinajstić information content (AvgIpc) is 2.83. The third-order valence-corrected chi connectivity index (χ3v) is 7.87. The minimum atomic E-state index is -0.937. The smallest absolute Gasteiger partial charge is 0.200 e. The zero-order valence-electron chi connectivity index (χ0n) is 19.6. The average molecular weight is 463 g/mol. The van der Waals surface area contributed by atoms with E-state index >= 15 is 4.39 Å². The maximum absolute atomic E-state index is 15.0. The molecular weight excluding hydrogens is 428 g/mol. The van der Waals surface area contributed by atoms with E-state index in [-0.39, 0.29) is 23.5 Å². The minimum absolute atomic E-state index is 0.0193. The minimum Gasteiger partial charge on any atom is -0.490 e. The van der Waals surface area contributed by atoms with E-state index in [1.165, 1.54) is 6.07 Å². The highest BCUT2D eigenvalue weighted by atomic mass is 19.2. The monoisotopic (exact) mass is 462 g/mol. The van der Waals surface area contributed by atoms with Crippen molar-refractivity contribution >= 4 is 0 Å². The molecule has 2 saturated carbocycles. The summed E-state index contributed by atoms with van der Waals surface area (Å²) in [4.78, 5) is 0. The first-order valence-corrected chi connectivity index (χ1v) is 12.5. The molecule has 0 aliphatic heterocycles. The second kappa shape index (κ2) is 10.5. The van der Waals surface area contributed by atoms with E-state index in [1.807, 2.05) is 0 Å². The van der Waals surface area contributed by atoms with Crippen LogP contribution in [0.2, 0.25) is 0 Å². The zero-order valence-corrected chi connectivity index (χ0v) is 19.6. The van der Waals surface area contributed by atoms with Gasteiger partial charge in [-0.05, 0) is 91.4 Å². The van der Waals surface area contributed by atoms with Gasteiger partial charge in [-0.2, -0.15) is 4.39 Å². The highest BCUT2D eigenvalue weighted by molar-refractivity contribution is 5.32. The molecule has 0 radical (unpaired) electrons. The largest absolute Gasteiger partial charge is 0.490 e. The Morgan fingerprint density at radius 1 is 0.697 bits per heavy atom. The van der Waals surface area contributed by atoms with E-state index in [2.05, 4.69) is 6.92 Å². The summed E-state index contributed by atoms with van der Waals surface area (Å²) in [6, 6.07) is 6.64. The molecule has 4 rings (SSSR count). The van der Waals surface area contributed by atoms with Gasteiger partial charge in [0.1, 0.15) is 0 Å². The summed E-state index contributed by atoms with van der Waals surface area (Å²) in [6.45, 7) is 4.29. The molecule has 0 aromatic heterocycles. The molecule has 0 amide bonds. The van der Waals surface area contributed by atoms with E-state index in [0.29, 0.717) is 35.6 Å². The molecule has 2 aromatic carbocycles. The van der Waals surface area contributed by atoms with Crippen LogP contribution in [-0.4, -0.2) is 6.61 Å². The number of hydrogen-bond donors (Lipinski definition) is 0.